The minimum atomic E-state index is 0. The van der Waals surface area contributed by atoms with E-state index in [4.69, 9.17) is 0 Å². The van der Waals surface area contributed by atoms with Crippen molar-refractivity contribution in [3.63, 3.8) is 0 Å². The SMILES string of the molecule is Br.Br.CCC(Br)C[Te+]CC(Br)CC. The molecule has 13 heavy (non-hydrogen) atoms. The Morgan fingerprint density at radius 3 is 1.46 bits per heavy atom. The zero-order valence-electron chi connectivity index (χ0n) is 7.96. The third kappa shape index (κ3) is 14.7. The fraction of sp³-hybridized carbons (Fsp3) is 1.00. The van der Waals surface area contributed by atoms with E-state index in [9.17, 15) is 0 Å². The Bertz CT molecular complexity index is 82.2. The van der Waals surface area contributed by atoms with Crippen molar-refractivity contribution in [1.29, 1.82) is 0 Å². The molecule has 0 spiro atoms. The van der Waals surface area contributed by atoms with Gasteiger partial charge in [0.15, 0.2) is 0 Å². The van der Waals surface area contributed by atoms with Crippen LogP contribution >= 0.6 is 65.8 Å². The quantitative estimate of drug-likeness (QED) is 0.316. The van der Waals surface area contributed by atoms with Gasteiger partial charge in [0.1, 0.15) is 0 Å². The van der Waals surface area contributed by atoms with E-state index < -0.39 is 0 Å². The minimum absolute atomic E-state index is 0. The molecule has 0 saturated carbocycles. The molecule has 0 heterocycles. The molecule has 0 aliphatic carbocycles. The summed E-state index contributed by atoms with van der Waals surface area (Å²) in [7, 11) is 0. The van der Waals surface area contributed by atoms with Gasteiger partial charge in [-0.1, -0.05) is 0 Å². The molecule has 0 fully saturated rings. The summed E-state index contributed by atoms with van der Waals surface area (Å²) in [5, 5.41) is 0. The van der Waals surface area contributed by atoms with Crippen LogP contribution in [0.5, 0.6) is 0 Å². The molecular formula is C8H18Br4Te+. The summed E-state index contributed by atoms with van der Waals surface area (Å²) in [6.45, 7) is 4.50. The number of alkyl halides is 2. The van der Waals surface area contributed by atoms with Crippen LogP contribution in [0, 0.1) is 0 Å². The van der Waals surface area contributed by atoms with Gasteiger partial charge < -0.3 is 0 Å². The Hall–Kier alpha value is 2.71. The van der Waals surface area contributed by atoms with Gasteiger partial charge in [0.05, 0.1) is 0 Å². The van der Waals surface area contributed by atoms with Gasteiger partial charge >= 0.3 is 98.1 Å². The second-order valence-corrected chi connectivity index (χ2v) is 8.21. The molecule has 2 atom stereocenters. The topological polar surface area (TPSA) is 0 Å². The molecule has 0 N–H and O–H groups in total. The van der Waals surface area contributed by atoms with E-state index in [0.29, 0.717) is 0 Å². The van der Waals surface area contributed by atoms with Crippen LogP contribution in [-0.4, -0.2) is 30.6 Å². The Labute approximate surface area is 130 Å². The Kier molecular flexibility index (Phi) is 23.8. The number of hydrogen-bond acceptors (Lipinski definition) is 0. The van der Waals surface area contributed by atoms with Crippen molar-refractivity contribution < 1.29 is 0 Å². The van der Waals surface area contributed by atoms with Crippen molar-refractivity contribution in [2.24, 2.45) is 0 Å². The Balaban J connectivity index is -0.000000500. The fourth-order valence-corrected chi connectivity index (χ4v) is 6.26. The first-order chi connectivity index (χ1) is 5.20. The molecule has 0 aliphatic rings. The summed E-state index contributed by atoms with van der Waals surface area (Å²) in [5.41, 5.74) is 0. The molecular weight excluding hydrogens is 543 g/mol. The molecule has 0 saturated heterocycles. The van der Waals surface area contributed by atoms with E-state index in [-0.39, 0.29) is 54.9 Å². The second-order valence-electron chi connectivity index (χ2n) is 2.55. The first-order valence-corrected chi connectivity index (χ1v) is 9.19. The predicted octanol–water partition coefficient (Wildman–Crippen LogP) is 5.03. The van der Waals surface area contributed by atoms with E-state index in [1.54, 1.807) is 0 Å². The van der Waals surface area contributed by atoms with Gasteiger partial charge in [0.2, 0.25) is 0 Å². The van der Waals surface area contributed by atoms with Crippen molar-refractivity contribution in [1.82, 2.24) is 0 Å². The Morgan fingerprint density at radius 2 is 1.23 bits per heavy atom. The van der Waals surface area contributed by atoms with E-state index >= 15 is 0 Å². The van der Waals surface area contributed by atoms with E-state index in [1.807, 2.05) is 0 Å². The van der Waals surface area contributed by atoms with Gasteiger partial charge in [-0.2, -0.15) is 0 Å². The van der Waals surface area contributed by atoms with Gasteiger partial charge in [-0.05, 0) is 0 Å². The van der Waals surface area contributed by atoms with E-state index in [1.165, 1.54) is 21.8 Å². The zero-order chi connectivity index (χ0) is 8.69. The molecule has 0 aromatic heterocycles. The van der Waals surface area contributed by atoms with Gasteiger partial charge in [-0.15, -0.1) is 34.0 Å². The fourth-order valence-electron chi connectivity index (χ4n) is 0.559. The average molecular weight is 561 g/mol. The first-order valence-electron chi connectivity index (χ1n) is 4.06. The molecule has 0 amide bonds. The maximum absolute atomic E-state index is 3.67. The van der Waals surface area contributed by atoms with Crippen LogP contribution in [0.1, 0.15) is 26.7 Å². The van der Waals surface area contributed by atoms with Crippen LogP contribution in [0.25, 0.3) is 0 Å². The molecule has 0 nitrogen and oxygen atoms in total. The number of halogens is 4. The third-order valence-corrected chi connectivity index (χ3v) is 9.73. The number of rotatable bonds is 6. The first kappa shape index (κ1) is 21.0. The van der Waals surface area contributed by atoms with Crippen molar-refractivity contribution >= 4 is 86.7 Å². The normalized spacial score (nSPS) is 13.8. The van der Waals surface area contributed by atoms with Crippen molar-refractivity contribution in [3.05, 3.63) is 0 Å². The standard InChI is InChI=1S/C8H16Br2Te.2BrH/c1-3-7(9)5-11-6-8(10)4-2;;/h7-8H,3-6H2,1-2H3;2*1H/q+1;;. The van der Waals surface area contributed by atoms with Crippen LogP contribution in [0.15, 0.2) is 0 Å². The van der Waals surface area contributed by atoms with Gasteiger partial charge in [-0.25, -0.2) is 0 Å². The molecule has 0 aromatic carbocycles. The van der Waals surface area contributed by atoms with Crippen LogP contribution in [0.2, 0.25) is 8.94 Å². The summed E-state index contributed by atoms with van der Waals surface area (Å²) in [5.74, 6) is 0. The van der Waals surface area contributed by atoms with Crippen LogP contribution in [0.3, 0.4) is 0 Å². The molecule has 0 aliphatic heterocycles. The van der Waals surface area contributed by atoms with Crippen molar-refractivity contribution in [2.45, 2.75) is 45.3 Å². The van der Waals surface area contributed by atoms with Crippen molar-refractivity contribution in [3.8, 4) is 0 Å². The number of hydrogen-bond donors (Lipinski definition) is 0. The summed E-state index contributed by atoms with van der Waals surface area (Å²) in [6, 6.07) is 0. The molecule has 83 valence electrons. The molecule has 1 radical (unpaired) electrons. The summed E-state index contributed by atoms with van der Waals surface area (Å²) in [4.78, 5) is 1.59. The van der Waals surface area contributed by atoms with Gasteiger partial charge in [-0.3, -0.25) is 0 Å². The molecule has 0 rings (SSSR count). The van der Waals surface area contributed by atoms with Crippen LogP contribution in [-0.2, 0) is 0 Å². The Morgan fingerprint density at radius 1 is 0.923 bits per heavy atom. The zero-order valence-corrected chi connectivity index (χ0v) is 16.9. The predicted molar refractivity (Wildman–Crippen MR) is 82.0 cm³/mol. The van der Waals surface area contributed by atoms with Gasteiger partial charge in [0, 0.05) is 0 Å². The maximum atomic E-state index is 3.67. The molecule has 2 unspecified atom stereocenters. The van der Waals surface area contributed by atoms with E-state index in [2.05, 4.69) is 45.7 Å². The average Bonchev–Trinajstić information content (AvgIpc) is 2.04. The van der Waals surface area contributed by atoms with Crippen LogP contribution in [0.4, 0.5) is 0 Å². The van der Waals surface area contributed by atoms with E-state index in [0.717, 1.165) is 9.65 Å². The molecule has 0 bridgehead atoms. The summed E-state index contributed by atoms with van der Waals surface area (Å²) >= 11 is 7.61. The monoisotopic (exact) mass is 560 g/mol. The molecule has 5 heteroatoms. The molecule has 0 aromatic rings. The second kappa shape index (κ2) is 14.7. The van der Waals surface area contributed by atoms with Crippen LogP contribution < -0.4 is 0 Å². The van der Waals surface area contributed by atoms with Gasteiger partial charge in [0.25, 0.3) is 0 Å². The summed E-state index contributed by atoms with van der Waals surface area (Å²) < 4.78 is 2.90. The van der Waals surface area contributed by atoms with Crippen molar-refractivity contribution in [2.75, 3.05) is 0 Å². The summed E-state index contributed by atoms with van der Waals surface area (Å²) in [6.07, 6.45) is 2.56. The third-order valence-electron chi connectivity index (χ3n) is 1.48.